The molecule has 13 nitrogen and oxygen atoms in total. The number of ether oxygens (including phenoxy) is 1. The normalized spacial score (nSPS) is 13.2. The average Bonchev–Trinajstić information content (AvgIpc) is 3.16. The van der Waals surface area contributed by atoms with Gasteiger partial charge in [-0.25, -0.2) is 4.79 Å². The molecule has 4 N–H and O–H groups in total. The van der Waals surface area contributed by atoms with Gasteiger partial charge in [0.15, 0.2) is 0 Å². The Balaban J connectivity index is 1.93. The van der Waals surface area contributed by atoms with Gasteiger partial charge in [0.05, 0.1) is 0 Å². The number of likely N-dealkylation sites (N-methyl/N-ethyl adjacent to an activating group) is 3. The maximum atomic E-state index is 14.8. The number of nitrogens with zero attached hydrogens (tertiary/aromatic N) is 2. The first-order valence-corrected chi connectivity index (χ1v) is 19.8. The van der Waals surface area contributed by atoms with Crippen LogP contribution in [-0.2, 0) is 41.6 Å². The first-order chi connectivity index (χ1) is 27.3. The van der Waals surface area contributed by atoms with Crippen LogP contribution in [0, 0.1) is 0 Å². The molecule has 0 fully saturated rings. The number of nitrogens with one attached hydrogen (secondary N) is 4. The summed E-state index contributed by atoms with van der Waals surface area (Å²) in [5, 5.41) is 13.1. The number of benzene rings is 3. The van der Waals surface area contributed by atoms with Crippen LogP contribution in [0.3, 0.4) is 0 Å². The van der Waals surface area contributed by atoms with Crippen LogP contribution in [0.15, 0.2) is 84.9 Å². The molecule has 0 aromatic heterocycles. The molecule has 0 spiro atoms. The molecular weight excluding hydrogens is 737 g/mol. The van der Waals surface area contributed by atoms with Crippen LogP contribution >= 0.6 is 0 Å². The van der Waals surface area contributed by atoms with Crippen LogP contribution in [0.1, 0.15) is 78.4 Å². The molecule has 0 aliphatic rings. The monoisotopic (exact) mass is 798 g/mol. The van der Waals surface area contributed by atoms with Crippen LogP contribution < -0.4 is 21.3 Å². The van der Waals surface area contributed by atoms with Crippen molar-refractivity contribution in [2.45, 2.75) is 109 Å². The first-order valence-electron chi connectivity index (χ1n) is 19.8. The van der Waals surface area contributed by atoms with Gasteiger partial charge in [-0.05, 0) is 88.3 Å². The fourth-order valence-electron chi connectivity index (χ4n) is 6.42. The summed E-state index contributed by atoms with van der Waals surface area (Å²) in [6.45, 7) is 10.8. The van der Waals surface area contributed by atoms with Gasteiger partial charge in [-0.15, -0.1) is 0 Å². The van der Waals surface area contributed by atoms with E-state index in [9.17, 15) is 28.8 Å². The molecule has 58 heavy (non-hydrogen) atoms. The van der Waals surface area contributed by atoms with Crippen molar-refractivity contribution in [2.24, 2.45) is 0 Å². The molecule has 3 atom stereocenters. The number of rotatable bonds is 19. The zero-order chi connectivity index (χ0) is 43.0. The lowest BCUT2D eigenvalue weighted by molar-refractivity contribution is -0.146. The summed E-state index contributed by atoms with van der Waals surface area (Å²) >= 11 is 0. The lowest BCUT2D eigenvalue weighted by Crippen LogP contribution is -2.58. The van der Waals surface area contributed by atoms with E-state index in [2.05, 4.69) is 21.3 Å². The summed E-state index contributed by atoms with van der Waals surface area (Å²) in [5.74, 6) is -1.95. The number of carbonyl (C=O) groups is 6. The maximum absolute atomic E-state index is 14.8. The Morgan fingerprint density at radius 2 is 1.40 bits per heavy atom. The van der Waals surface area contributed by atoms with Gasteiger partial charge < -0.3 is 35.8 Å². The molecule has 0 aliphatic carbocycles. The van der Waals surface area contributed by atoms with E-state index < -0.39 is 53.1 Å². The maximum Gasteiger partial charge on any atom is 0.408 e. The molecule has 0 aliphatic heterocycles. The molecule has 0 radical (unpaired) electrons. The van der Waals surface area contributed by atoms with E-state index in [1.807, 2.05) is 86.6 Å². The average molecular weight is 799 g/mol. The van der Waals surface area contributed by atoms with Gasteiger partial charge >= 0.3 is 6.09 Å². The topological polar surface area (TPSA) is 166 Å². The quantitative estimate of drug-likeness (QED) is 0.0972. The summed E-state index contributed by atoms with van der Waals surface area (Å²) in [6, 6.07) is 20.1. The molecule has 3 aromatic carbocycles. The Bertz CT molecular complexity index is 1910. The van der Waals surface area contributed by atoms with Gasteiger partial charge in [0.25, 0.3) is 0 Å². The number of alkyl carbamates (subject to hydrolysis) is 1. The van der Waals surface area contributed by atoms with E-state index in [0.717, 1.165) is 21.9 Å². The molecule has 3 aromatic rings. The zero-order valence-corrected chi connectivity index (χ0v) is 35.5. The molecule has 0 heterocycles. The molecule has 6 amide bonds. The third kappa shape index (κ3) is 15.3. The van der Waals surface area contributed by atoms with Gasteiger partial charge in [-0.2, -0.15) is 0 Å². The Morgan fingerprint density at radius 3 is 2.03 bits per heavy atom. The van der Waals surface area contributed by atoms with E-state index in [1.165, 1.54) is 29.8 Å². The number of amides is 6. The predicted molar refractivity (Wildman–Crippen MR) is 227 cm³/mol. The highest BCUT2D eigenvalue weighted by Crippen LogP contribution is 2.21. The van der Waals surface area contributed by atoms with Crippen molar-refractivity contribution in [1.82, 2.24) is 31.1 Å². The van der Waals surface area contributed by atoms with E-state index in [-0.39, 0.29) is 24.7 Å². The van der Waals surface area contributed by atoms with Crippen molar-refractivity contribution in [1.29, 1.82) is 0 Å². The van der Waals surface area contributed by atoms with Crippen molar-refractivity contribution >= 4 is 46.4 Å². The van der Waals surface area contributed by atoms with Gasteiger partial charge in [0.2, 0.25) is 29.5 Å². The highest BCUT2D eigenvalue weighted by atomic mass is 16.6. The second kappa shape index (κ2) is 21.7. The van der Waals surface area contributed by atoms with E-state index in [4.69, 9.17) is 4.74 Å². The van der Waals surface area contributed by atoms with Gasteiger partial charge in [0.1, 0.15) is 23.7 Å². The second-order valence-electron chi connectivity index (χ2n) is 16.3. The van der Waals surface area contributed by atoms with Crippen molar-refractivity contribution in [3.8, 4) is 0 Å². The standard InChI is InChI=1S/C45H62N6O7/c1-31(52)47-27-16-15-22-36(40(54)46-7)48-41(55)37(29-32-18-11-10-12-19-32)51(9)42(56)38(30-33-24-25-34-20-13-14-21-35(34)28-33)50(8)39(53)23-17-26-45(5,6)49-43(57)58-44(2,3)4/h10-14,17-21,23-25,28,36-38H,15-16,22,26-27,29-30H2,1-9H3,(H,46,54)(H,47,52)(H,48,55)(H,49,57)/t36-,37+,38+/m0/s1. The largest absolute Gasteiger partial charge is 0.444 e. The Hall–Kier alpha value is -5.72. The number of carbonyl (C=O) groups excluding carboxylic acids is 6. The number of hydrogen-bond acceptors (Lipinski definition) is 7. The molecule has 0 bridgehead atoms. The zero-order valence-electron chi connectivity index (χ0n) is 35.5. The predicted octanol–water partition coefficient (Wildman–Crippen LogP) is 5.07. The number of hydrogen-bond donors (Lipinski definition) is 4. The third-order valence-electron chi connectivity index (χ3n) is 9.63. The fourth-order valence-corrected chi connectivity index (χ4v) is 6.42. The molecule has 0 saturated heterocycles. The van der Waals surface area contributed by atoms with E-state index in [0.29, 0.717) is 32.2 Å². The van der Waals surface area contributed by atoms with E-state index >= 15 is 0 Å². The van der Waals surface area contributed by atoms with Crippen molar-refractivity contribution in [3.05, 3.63) is 96.1 Å². The van der Waals surface area contributed by atoms with Crippen LogP contribution in [0.25, 0.3) is 10.8 Å². The minimum Gasteiger partial charge on any atom is -0.444 e. The number of unbranched alkanes of at least 4 members (excludes halogenated alkanes) is 1. The van der Waals surface area contributed by atoms with E-state index in [1.54, 1.807) is 40.9 Å². The van der Waals surface area contributed by atoms with Gasteiger partial charge in [-0.3, -0.25) is 24.0 Å². The molecular formula is C45H62N6O7. The smallest absolute Gasteiger partial charge is 0.408 e. The highest BCUT2D eigenvalue weighted by molar-refractivity contribution is 5.96. The lowest BCUT2D eigenvalue weighted by Gasteiger charge is -2.35. The minimum absolute atomic E-state index is 0.147. The molecule has 314 valence electrons. The molecule has 0 unspecified atom stereocenters. The molecule has 13 heteroatoms. The van der Waals surface area contributed by atoms with Gasteiger partial charge in [-0.1, -0.05) is 78.9 Å². The number of fused-ring (bicyclic) bond motifs is 1. The minimum atomic E-state index is -1.04. The summed E-state index contributed by atoms with van der Waals surface area (Å²) in [7, 11) is 4.60. The summed E-state index contributed by atoms with van der Waals surface area (Å²) in [4.78, 5) is 82.4. The third-order valence-corrected chi connectivity index (χ3v) is 9.63. The van der Waals surface area contributed by atoms with Crippen molar-refractivity contribution in [3.63, 3.8) is 0 Å². The Labute approximate surface area is 343 Å². The van der Waals surface area contributed by atoms with Crippen LogP contribution in [-0.4, -0.2) is 102 Å². The van der Waals surface area contributed by atoms with Crippen LogP contribution in [0.4, 0.5) is 4.79 Å². The molecule has 0 saturated carbocycles. The summed E-state index contributed by atoms with van der Waals surface area (Å²) in [5.41, 5.74) is 0.208. The highest BCUT2D eigenvalue weighted by Gasteiger charge is 2.36. The Morgan fingerprint density at radius 1 is 0.759 bits per heavy atom. The van der Waals surface area contributed by atoms with Crippen LogP contribution in [0.5, 0.6) is 0 Å². The molecule has 3 rings (SSSR count). The van der Waals surface area contributed by atoms with Crippen molar-refractivity contribution in [2.75, 3.05) is 27.7 Å². The SMILES string of the molecule is CNC(=O)[C@H](CCCCNC(C)=O)NC(=O)[C@@H](Cc1ccccc1)N(C)C(=O)[C@@H](Cc1ccc2ccccc2c1)N(C)C(=O)C=CCC(C)(C)NC(=O)OC(C)(C)C. The van der Waals surface area contributed by atoms with Crippen molar-refractivity contribution < 1.29 is 33.5 Å². The second-order valence-corrected chi connectivity index (χ2v) is 16.3. The van der Waals surface area contributed by atoms with Crippen LogP contribution in [0.2, 0.25) is 0 Å². The summed E-state index contributed by atoms with van der Waals surface area (Å²) in [6.07, 6.45) is 4.55. The first kappa shape index (κ1) is 46.7. The fraction of sp³-hybridized carbons (Fsp3) is 0.467. The Kier molecular flexibility index (Phi) is 17.5. The summed E-state index contributed by atoms with van der Waals surface area (Å²) < 4.78 is 5.40. The lowest BCUT2D eigenvalue weighted by atomic mass is 9.98. The van der Waals surface area contributed by atoms with Gasteiger partial charge in [0, 0.05) is 53.0 Å².